The maximum absolute atomic E-state index is 2.34. The lowest BCUT2D eigenvalue weighted by atomic mass is 10.1. The number of benzene rings is 2. The summed E-state index contributed by atoms with van der Waals surface area (Å²) in [6.45, 7) is 4.70. The molecule has 0 aliphatic heterocycles. The van der Waals surface area contributed by atoms with Gasteiger partial charge in [-0.05, 0) is 0 Å². The zero-order valence-corrected chi connectivity index (χ0v) is 21.0. The van der Waals surface area contributed by atoms with Crippen molar-refractivity contribution >= 4 is 0 Å². The summed E-state index contributed by atoms with van der Waals surface area (Å²) >= 11 is 0. The fourth-order valence-electron chi connectivity index (χ4n) is 3.39. The van der Waals surface area contributed by atoms with Crippen molar-refractivity contribution in [2.24, 2.45) is 0 Å². The van der Waals surface area contributed by atoms with Gasteiger partial charge in [0.2, 0.25) is 0 Å². The van der Waals surface area contributed by atoms with E-state index in [2.05, 4.69) is 88.9 Å². The fourth-order valence-corrected chi connectivity index (χ4v) is 3.39. The highest BCUT2D eigenvalue weighted by atomic mass is 127. The van der Waals surface area contributed by atoms with Crippen LogP contribution in [0.4, 0.5) is 0 Å². The lowest BCUT2D eigenvalue weighted by molar-refractivity contribution is -0.910. The average Bonchev–Trinajstić information content (AvgIpc) is 2.53. The first-order valence-corrected chi connectivity index (χ1v) is 9.08. The highest BCUT2D eigenvalue weighted by Gasteiger charge is 2.18. The van der Waals surface area contributed by atoms with Crippen LogP contribution in [0, 0.1) is 0 Å². The monoisotopic (exact) mass is 580 g/mol. The van der Waals surface area contributed by atoms with E-state index in [9.17, 15) is 0 Å². The van der Waals surface area contributed by atoms with Gasteiger partial charge < -0.3 is 56.9 Å². The highest BCUT2D eigenvalue weighted by molar-refractivity contribution is 5.14. The number of rotatable bonds is 9. The molecule has 0 saturated carbocycles. The molecule has 0 saturated heterocycles. The van der Waals surface area contributed by atoms with Gasteiger partial charge in [0.05, 0.1) is 41.3 Å². The Hall–Kier alpha value is -0.180. The van der Waals surface area contributed by atoms with Crippen molar-refractivity contribution in [3.8, 4) is 0 Å². The number of nitrogens with zero attached hydrogens (tertiary/aromatic N) is 2. The summed E-state index contributed by atoms with van der Waals surface area (Å²) in [5.74, 6) is 0. The Bertz CT molecular complexity index is 543. The molecule has 0 aliphatic carbocycles. The van der Waals surface area contributed by atoms with Crippen molar-refractivity contribution in [2.45, 2.75) is 25.9 Å². The van der Waals surface area contributed by atoms with E-state index in [1.807, 2.05) is 0 Å². The van der Waals surface area contributed by atoms with Crippen molar-refractivity contribution in [1.29, 1.82) is 0 Å². The predicted molar refractivity (Wildman–Crippen MR) is 103 cm³/mol. The summed E-state index contributed by atoms with van der Waals surface area (Å²) in [6, 6.07) is 21.7. The van der Waals surface area contributed by atoms with E-state index in [1.165, 1.54) is 37.1 Å². The topological polar surface area (TPSA) is 0 Å². The fraction of sp³-hybridized carbons (Fsp3) is 0.455. The minimum atomic E-state index is 0. The summed E-state index contributed by atoms with van der Waals surface area (Å²) in [7, 11) is 9.38. The lowest BCUT2D eigenvalue weighted by Gasteiger charge is -2.32. The quantitative estimate of drug-likeness (QED) is 0.189. The molecule has 2 aromatic carbocycles. The molecule has 0 atom stereocenters. The Balaban J connectivity index is 0.00000312. The van der Waals surface area contributed by atoms with Crippen molar-refractivity contribution < 1.29 is 56.9 Å². The van der Waals surface area contributed by atoms with Crippen LogP contribution >= 0.6 is 0 Å². The van der Waals surface area contributed by atoms with Gasteiger partial charge in [-0.15, -0.1) is 0 Å². The molecule has 0 bridgehead atoms. The predicted octanol–water partition coefficient (Wildman–Crippen LogP) is -1.67. The van der Waals surface area contributed by atoms with Crippen LogP contribution in [0.15, 0.2) is 60.7 Å². The number of hydrogen-bond donors (Lipinski definition) is 0. The molecule has 0 N–H and O–H groups in total. The maximum Gasteiger partial charge on any atom is 0.104 e. The molecule has 4 heteroatoms. The molecule has 0 unspecified atom stereocenters. The van der Waals surface area contributed by atoms with Gasteiger partial charge in [-0.1, -0.05) is 60.7 Å². The maximum atomic E-state index is 2.34. The number of unbranched alkanes of at least 4 members (excludes halogenated alkanes) is 1. The van der Waals surface area contributed by atoms with Crippen LogP contribution in [-0.4, -0.2) is 50.2 Å². The van der Waals surface area contributed by atoms with Crippen LogP contribution < -0.4 is 48.0 Å². The van der Waals surface area contributed by atoms with E-state index in [1.54, 1.807) is 0 Å². The number of hydrogen-bond acceptors (Lipinski definition) is 0. The van der Waals surface area contributed by atoms with Crippen LogP contribution in [0.3, 0.4) is 0 Å². The van der Waals surface area contributed by atoms with Crippen molar-refractivity contribution in [1.82, 2.24) is 0 Å². The molecule has 146 valence electrons. The average molecular weight is 580 g/mol. The van der Waals surface area contributed by atoms with Crippen molar-refractivity contribution in [3.05, 3.63) is 71.8 Å². The molecule has 0 heterocycles. The second-order valence-electron chi connectivity index (χ2n) is 8.31. The van der Waals surface area contributed by atoms with Crippen molar-refractivity contribution in [3.63, 3.8) is 0 Å². The zero-order valence-electron chi connectivity index (χ0n) is 16.7. The van der Waals surface area contributed by atoms with E-state index in [4.69, 9.17) is 0 Å². The normalized spacial score (nSPS) is 11.4. The minimum Gasteiger partial charge on any atom is -1.00 e. The number of halogens is 2. The molecular formula is C22H34I2N2. The molecule has 0 fully saturated rings. The SMILES string of the molecule is C[N+](C)(CCCC[N+](C)(C)Cc1ccccc1)Cc1ccccc1.[I-].[I-]. The standard InChI is InChI=1S/C22H34N2.2HI/c1-23(2,19-21-13-7-5-8-14-21)17-11-12-18-24(3,4)20-22-15-9-6-10-16-22;;/h5-10,13-16H,11-12,17-20H2,1-4H3;2*1H/q+2;;/p-2. The third-order valence-electron chi connectivity index (χ3n) is 4.68. The second kappa shape index (κ2) is 12.3. The Kier molecular flexibility index (Phi) is 12.2. The minimum absolute atomic E-state index is 0. The molecular weight excluding hydrogens is 546 g/mol. The molecule has 2 aromatic rings. The molecule has 0 aromatic heterocycles. The third kappa shape index (κ3) is 10.2. The van der Waals surface area contributed by atoms with Gasteiger partial charge in [0.1, 0.15) is 13.1 Å². The highest BCUT2D eigenvalue weighted by Crippen LogP contribution is 2.13. The molecule has 26 heavy (non-hydrogen) atoms. The van der Waals surface area contributed by atoms with Crippen molar-refractivity contribution in [2.75, 3.05) is 41.3 Å². The van der Waals surface area contributed by atoms with Gasteiger partial charge in [-0.2, -0.15) is 0 Å². The first kappa shape index (κ1) is 25.8. The summed E-state index contributed by atoms with van der Waals surface area (Å²) in [4.78, 5) is 0. The van der Waals surface area contributed by atoms with Crippen LogP contribution in [0.5, 0.6) is 0 Å². The largest absolute Gasteiger partial charge is 1.00 e. The van der Waals surface area contributed by atoms with Gasteiger partial charge in [-0.25, -0.2) is 0 Å². The Morgan fingerprint density at radius 2 is 0.846 bits per heavy atom. The van der Waals surface area contributed by atoms with E-state index in [-0.39, 0.29) is 48.0 Å². The Labute approximate surface area is 194 Å². The van der Waals surface area contributed by atoms with E-state index in [0.29, 0.717) is 0 Å². The lowest BCUT2D eigenvalue weighted by Crippen LogP contribution is -3.00. The molecule has 2 nitrogen and oxygen atoms in total. The Morgan fingerprint density at radius 1 is 0.538 bits per heavy atom. The Morgan fingerprint density at radius 3 is 1.15 bits per heavy atom. The van der Waals surface area contributed by atoms with Gasteiger partial charge in [0, 0.05) is 24.0 Å². The van der Waals surface area contributed by atoms with E-state index >= 15 is 0 Å². The summed E-state index contributed by atoms with van der Waals surface area (Å²) in [6.07, 6.45) is 2.58. The van der Waals surface area contributed by atoms with Gasteiger partial charge in [0.25, 0.3) is 0 Å². The molecule has 0 spiro atoms. The van der Waals surface area contributed by atoms with Crippen LogP contribution in [0.25, 0.3) is 0 Å². The molecule has 0 radical (unpaired) electrons. The summed E-state index contributed by atoms with van der Waals surface area (Å²) in [5.41, 5.74) is 2.87. The summed E-state index contributed by atoms with van der Waals surface area (Å²) < 4.78 is 2.13. The zero-order chi connectivity index (χ0) is 17.5. The van der Waals surface area contributed by atoms with Gasteiger partial charge in [-0.3, -0.25) is 0 Å². The van der Waals surface area contributed by atoms with Gasteiger partial charge >= 0.3 is 0 Å². The van der Waals surface area contributed by atoms with Crippen LogP contribution in [0.2, 0.25) is 0 Å². The van der Waals surface area contributed by atoms with E-state index < -0.39 is 0 Å². The third-order valence-corrected chi connectivity index (χ3v) is 4.68. The molecule has 0 amide bonds. The van der Waals surface area contributed by atoms with E-state index in [0.717, 1.165) is 22.1 Å². The van der Waals surface area contributed by atoms with Crippen LogP contribution in [0.1, 0.15) is 24.0 Å². The first-order valence-electron chi connectivity index (χ1n) is 9.08. The smallest absolute Gasteiger partial charge is 0.104 e. The first-order chi connectivity index (χ1) is 11.4. The number of quaternary nitrogens is 2. The summed E-state index contributed by atoms with van der Waals surface area (Å²) in [5, 5.41) is 0. The second-order valence-corrected chi connectivity index (χ2v) is 8.31. The van der Waals surface area contributed by atoms with Gasteiger partial charge in [0.15, 0.2) is 0 Å². The van der Waals surface area contributed by atoms with Crippen LogP contribution in [-0.2, 0) is 13.1 Å². The molecule has 0 aliphatic rings. The molecule has 2 rings (SSSR count).